The summed E-state index contributed by atoms with van der Waals surface area (Å²) in [7, 11) is 0. The maximum absolute atomic E-state index is 9.94. The van der Waals surface area contributed by atoms with E-state index in [1.165, 1.54) is 0 Å². The van der Waals surface area contributed by atoms with Gasteiger partial charge in [0.15, 0.2) is 0 Å². The number of aliphatic hydroxyl groups excluding tert-OH is 3. The molecule has 3 N–H and O–H groups in total. The molecule has 0 aliphatic carbocycles. The Kier molecular flexibility index (Phi) is 6.87. The van der Waals surface area contributed by atoms with Crippen molar-refractivity contribution in [3.63, 3.8) is 0 Å². The van der Waals surface area contributed by atoms with E-state index in [1.54, 1.807) is 13.8 Å². The molecule has 0 bridgehead atoms. The Morgan fingerprint density at radius 1 is 1.00 bits per heavy atom. The van der Waals surface area contributed by atoms with Crippen LogP contribution in [-0.2, 0) is 0 Å². The van der Waals surface area contributed by atoms with Crippen LogP contribution in [0.25, 0.3) is 0 Å². The van der Waals surface area contributed by atoms with Crippen LogP contribution in [0.4, 0.5) is 0 Å². The second-order valence-electron chi connectivity index (χ2n) is 5.30. The number of hydrogen-bond donors (Lipinski definition) is 3. The molecule has 0 saturated carbocycles. The van der Waals surface area contributed by atoms with Crippen molar-refractivity contribution < 1.29 is 15.3 Å². The van der Waals surface area contributed by atoms with Crippen LogP contribution in [-0.4, -0.2) is 38.5 Å². The number of aliphatic hydroxyl groups is 3. The molecule has 0 aromatic heterocycles. The third kappa shape index (κ3) is 7.44. The van der Waals surface area contributed by atoms with Gasteiger partial charge in [-0.2, -0.15) is 0 Å². The Balaban J connectivity index is 4.15. The van der Waals surface area contributed by atoms with Crippen LogP contribution in [0.2, 0.25) is 0 Å². The average Bonchev–Trinajstić information content (AvgIpc) is 1.98. The normalized spacial score (nSPS) is 23.2. The Labute approximate surface area is 103 Å². The zero-order chi connectivity index (χ0) is 12.9. The van der Waals surface area contributed by atoms with Crippen molar-refractivity contribution in [1.29, 1.82) is 0 Å². The number of halogens is 1. The van der Waals surface area contributed by atoms with Crippen molar-refractivity contribution in [1.82, 2.24) is 0 Å². The van der Waals surface area contributed by atoms with Gasteiger partial charge in [0.2, 0.25) is 0 Å². The van der Waals surface area contributed by atoms with E-state index >= 15 is 0 Å². The van der Waals surface area contributed by atoms with E-state index in [9.17, 15) is 15.3 Å². The summed E-state index contributed by atoms with van der Waals surface area (Å²) in [6.07, 6.45) is 0.00372. The van der Waals surface area contributed by atoms with Crippen LogP contribution in [0.3, 0.4) is 0 Å². The zero-order valence-corrected chi connectivity index (χ0v) is 11.4. The largest absolute Gasteiger partial charge is 0.393 e. The molecule has 0 aliphatic rings. The quantitative estimate of drug-likeness (QED) is 0.607. The van der Waals surface area contributed by atoms with E-state index in [0.29, 0.717) is 19.3 Å². The summed E-state index contributed by atoms with van der Waals surface area (Å²) in [5.41, 5.74) is 0. The lowest BCUT2D eigenvalue weighted by atomic mass is 9.88. The highest BCUT2D eigenvalue weighted by Crippen LogP contribution is 2.29. The molecule has 0 aliphatic heterocycles. The summed E-state index contributed by atoms with van der Waals surface area (Å²) in [5.74, 6) is 0.00655. The van der Waals surface area contributed by atoms with Gasteiger partial charge in [-0.05, 0) is 46.0 Å². The summed E-state index contributed by atoms with van der Waals surface area (Å²) in [5, 5.41) is 28.4. The zero-order valence-electron chi connectivity index (χ0n) is 10.7. The summed E-state index contributed by atoms with van der Waals surface area (Å²) < 4.78 is 0. The third-order valence-electron chi connectivity index (χ3n) is 2.73. The first-order valence-corrected chi connectivity index (χ1v) is 6.25. The molecule has 3 nitrogen and oxygen atoms in total. The molecular formula is C12H25ClO3. The van der Waals surface area contributed by atoms with Crippen LogP contribution < -0.4 is 0 Å². The third-order valence-corrected chi connectivity index (χ3v) is 3.03. The van der Waals surface area contributed by atoms with Crippen molar-refractivity contribution in [2.45, 2.75) is 70.1 Å². The summed E-state index contributed by atoms with van der Waals surface area (Å²) >= 11 is 6.22. The van der Waals surface area contributed by atoms with Crippen molar-refractivity contribution in [2.24, 2.45) is 5.92 Å². The van der Waals surface area contributed by atoms with E-state index in [1.807, 2.05) is 13.8 Å². The highest BCUT2D eigenvalue weighted by Gasteiger charge is 2.29. The van der Waals surface area contributed by atoms with Crippen LogP contribution in [0, 0.1) is 5.92 Å². The van der Waals surface area contributed by atoms with Gasteiger partial charge >= 0.3 is 0 Å². The van der Waals surface area contributed by atoms with Crippen LogP contribution >= 0.6 is 11.6 Å². The Morgan fingerprint density at radius 3 is 1.88 bits per heavy atom. The number of alkyl halides is 1. The van der Waals surface area contributed by atoms with E-state index in [-0.39, 0.29) is 5.92 Å². The molecule has 0 aromatic rings. The molecule has 0 fully saturated rings. The predicted octanol–water partition coefficient (Wildman–Crippen LogP) is 1.91. The average molecular weight is 253 g/mol. The lowest BCUT2D eigenvalue weighted by Gasteiger charge is -2.29. The molecule has 98 valence electrons. The molecule has 0 heterocycles. The van der Waals surface area contributed by atoms with E-state index in [4.69, 9.17) is 11.6 Å². The first-order chi connectivity index (χ1) is 7.14. The minimum Gasteiger partial charge on any atom is -0.393 e. The fourth-order valence-electron chi connectivity index (χ4n) is 2.03. The second-order valence-corrected chi connectivity index (χ2v) is 6.21. The van der Waals surface area contributed by atoms with Crippen molar-refractivity contribution in [2.75, 3.05) is 0 Å². The molecule has 0 rings (SSSR count). The van der Waals surface area contributed by atoms with Gasteiger partial charge in [-0.15, -0.1) is 11.6 Å². The van der Waals surface area contributed by atoms with Crippen LogP contribution in [0.15, 0.2) is 0 Å². The van der Waals surface area contributed by atoms with Crippen molar-refractivity contribution in [3.05, 3.63) is 0 Å². The highest BCUT2D eigenvalue weighted by atomic mass is 35.5. The SMILES string of the molecule is CC(O)CC(C)C(O)CC(C)(Cl)CC(C)O. The van der Waals surface area contributed by atoms with Crippen LogP contribution in [0.5, 0.6) is 0 Å². The smallest absolute Gasteiger partial charge is 0.0583 e. The molecule has 0 spiro atoms. The van der Waals surface area contributed by atoms with Gasteiger partial charge < -0.3 is 15.3 Å². The molecule has 0 aromatic carbocycles. The molecule has 4 heteroatoms. The summed E-state index contributed by atoms with van der Waals surface area (Å²) in [4.78, 5) is -0.597. The Hall–Kier alpha value is 0.170. The van der Waals surface area contributed by atoms with E-state index in [2.05, 4.69) is 0 Å². The molecule has 5 unspecified atom stereocenters. The molecule has 5 atom stereocenters. The maximum Gasteiger partial charge on any atom is 0.0583 e. The van der Waals surface area contributed by atoms with Gasteiger partial charge in [0, 0.05) is 4.87 Å². The van der Waals surface area contributed by atoms with Crippen molar-refractivity contribution in [3.8, 4) is 0 Å². The van der Waals surface area contributed by atoms with E-state index in [0.717, 1.165) is 0 Å². The molecule has 0 saturated heterocycles. The standard InChI is InChI=1S/C12H25ClO3/c1-8(5-9(2)14)11(16)7-12(4,13)6-10(3)15/h8-11,14-16H,5-7H2,1-4H3. The van der Waals surface area contributed by atoms with Crippen LogP contribution in [0.1, 0.15) is 47.0 Å². The second kappa shape index (κ2) is 6.80. The fourth-order valence-corrected chi connectivity index (χ4v) is 2.41. The van der Waals surface area contributed by atoms with Gasteiger partial charge in [-0.3, -0.25) is 0 Å². The van der Waals surface area contributed by atoms with Gasteiger partial charge in [0.05, 0.1) is 18.3 Å². The Bertz CT molecular complexity index is 193. The molecule has 0 radical (unpaired) electrons. The summed E-state index contributed by atoms with van der Waals surface area (Å²) in [6.45, 7) is 7.11. The van der Waals surface area contributed by atoms with Gasteiger partial charge in [-0.1, -0.05) is 6.92 Å². The number of hydrogen-bond acceptors (Lipinski definition) is 3. The minimum absolute atomic E-state index is 0.00655. The first-order valence-electron chi connectivity index (χ1n) is 5.87. The van der Waals surface area contributed by atoms with Gasteiger partial charge in [0.1, 0.15) is 0 Å². The topological polar surface area (TPSA) is 60.7 Å². The summed E-state index contributed by atoms with van der Waals surface area (Å²) in [6, 6.07) is 0. The number of rotatable bonds is 7. The maximum atomic E-state index is 9.94. The van der Waals surface area contributed by atoms with E-state index < -0.39 is 23.2 Å². The lowest BCUT2D eigenvalue weighted by Crippen LogP contribution is -2.32. The van der Waals surface area contributed by atoms with Gasteiger partial charge in [-0.25, -0.2) is 0 Å². The monoisotopic (exact) mass is 252 g/mol. The lowest BCUT2D eigenvalue weighted by molar-refractivity contribution is 0.0566. The fraction of sp³-hybridized carbons (Fsp3) is 1.00. The van der Waals surface area contributed by atoms with Gasteiger partial charge in [0.25, 0.3) is 0 Å². The highest BCUT2D eigenvalue weighted by molar-refractivity contribution is 6.23. The Morgan fingerprint density at radius 2 is 1.50 bits per heavy atom. The predicted molar refractivity (Wildman–Crippen MR) is 66.6 cm³/mol. The van der Waals surface area contributed by atoms with Crippen molar-refractivity contribution >= 4 is 11.6 Å². The minimum atomic E-state index is -0.597. The first kappa shape index (κ1) is 16.2. The molecule has 16 heavy (non-hydrogen) atoms. The molecule has 0 amide bonds. The molecular weight excluding hydrogens is 228 g/mol.